The molecule has 0 aliphatic heterocycles. The molecule has 0 aliphatic rings. The second-order valence-corrected chi connectivity index (χ2v) is 9.21. The second kappa shape index (κ2) is 10.1. The van der Waals surface area contributed by atoms with Gasteiger partial charge in [0.2, 0.25) is 17.7 Å². The van der Waals surface area contributed by atoms with Crippen LogP contribution in [0.15, 0.2) is 49.8 Å². The maximum Gasteiger partial charge on any atom is 0.277 e. The first-order chi connectivity index (χ1) is 15.5. The lowest BCUT2D eigenvalue weighted by Gasteiger charge is -2.19. The van der Waals surface area contributed by atoms with E-state index in [0.717, 1.165) is 28.0 Å². The molecule has 4 rings (SSSR count). The second-order valence-electron chi connectivity index (χ2n) is 7.33. The van der Waals surface area contributed by atoms with Crippen molar-refractivity contribution in [3.05, 3.63) is 52.7 Å². The third kappa shape index (κ3) is 5.43. The summed E-state index contributed by atoms with van der Waals surface area (Å²) in [4.78, 5) is 15.5. The highest BCUT2D eigenvalue weighted by Crippen LogP contribution is 2.26. The Morgan fingerprint density at radius 3 is 2.56 bits per heavy atom. The Labute approximate surface area is 194 Å². The first-order valence-corrected chi connectivity index (χ1v) is 12.1. The molecule has 0 fully saturated rings. The van der Waals surface area contributed by atoms with E-state index in [1.165, 1.54) is 23.1 Å². The Kier molecular flexibility index (Phi) is 7.01. The summed E-state index contributed by atoms with van der Waals surface area (Å²) in [7, 11) is 0. The van der Waals surface area contributed by atoms with Crippen LogP contribution in [0.25, 0.3) is 22.2 Å². The number of benzene rings is 1. The quantitative estimate of drug-likeness (QED) is 0.316. The van der Waals surface area contributed by atoms with Crippen molar-refractivity contribution in [3.63, 3.8) is 0 Å². The summed E-state index contributed by atoms with van der Waals surface area (Å²) in [5.41, 5.74) is 3.13. The van der Waals surface area contributed by atoms with E-state index in [1.807, 2.05) is 50.4 Å². The van der Waals surface area contributed by atoms with Gasteiger partial charge in [-0.2, -0.15) is 0 Å². The fraction of sp³-hybridized carbons (Fsp3) is 0.318. The Balaban J connectivity index is 1.38. The molecule has 0 bridgehead atoms. The van der Waals surface area contributed by atoms with Gasteiger partial charge < -0.3 is 13.7 Å². The monoisotopic (exact) mass is 469 g/mol. The van der Waals surface area contributed by atoms with Gasteiger partial charge in [0.15, 0.2) is 0 Å². The van der Waals surface area contributed by atoms with Crippen LogP contribution in [0.3, 0.4) is 0 Å². The number of hydrogen-bond acceptors (Lipinski definition) is 9. The van der Waals surface area contributed by atoms with Crippen molar-refractivity contribution in [3.8, 4) is 22.2 Å². The largest absolute Gasteiger partial charge is 0.418 e. The normalized spacial score (nSPS) is 11.1. The van der Waals surface area contributed by atoms with Gasteiger partial charge in [-0.15, -0.1) is 31.7 Å². The Morgan fingerprint density at radius 1 is 1.06 bits per heavy atom. The predicted octanol–water partition coefficient (Wildman–Crippen LogP) is 5.00. The first kappa shape index (κ1) is 22.2. The molecule has 0 radical (unpaired) electrons. The van der Waals surface area contributed by atoms with Gasteiger partial charge in [-0.3, -0.25) is 4.79 Å². The third-order valence-corrected chi connectivity index (χ3v) is 6.23. The molecular formula is C22H23N5O3S2. The summed E-state index contributed by atoms with van der Waals surface area (Å²) < 4.78 is 11.5. The van der Waals surface area contributed by atoms with E-state index in [9.17, 15) is 4.79 Å². The maximum atomic E-state index is 12.8. The number of nitrogens with zero attached hydrogens (tertiary/aromatic N) is 5. The van der Waals surface area contributed by atoms with Crippen LogP contribution in [0.2, 0.25) is 0 Å². The smallest absolute Gasteiger partial charge is 0.277 e. The lowest BCUT2D eigenvalue weighted by Crippen LogP contribution is -2.32. The Bertz CT molecular complexity index is 1170. The van der Waals surface area contributed by atoms with Crippen LogP contribution in [0.4, 0.5) is 0 Å². The van der Waals surface area contributed by atoms with Gasteiger partial charge in [-0.05, 0) is 43.8 Å². The fourth-order valence-corrected chi connectivity index (χ4v) is 4.55. The van der Waals surface area contributed by atoms with Gasteiger partial charge in [0.05, 0.1) is 17.2 Å². The van der Waals surface area contributed by atoms with Crippen molar-refractivity contribution in [2.75, 3.05) is 12.3 Å². The number of aromatic nitrogens is 4. The topological polar surface area (TPSA) is 98.2 Å². The zero-order valence-corrected chi connectivity index (χ0v) is 19.7. The van der Waals surface area contributed by atoms with E-state index in [4.69, 9.17) is 8.83 Å². The zero-order valence-electron chi connectivity index (χ0n) is 18.1. The van der Waals surface area contributed by atoms with Crippen LogP contribution >= 0.6 is 23.1 Å². The number of carbonyl (C=O) groups is 1. The molecule has 1 amide bonds. The van der Waals surface area contributed by atoms with Gasteiger partial charge in [0, 0.05) is 12.1 Å². The summed E-state index contributed by atoms with van der Waals surface area (Å²) in [5, 5.41) is 18.7. The van der Waals surface area contributed by atoms with Gasteiger partial charge in [0.25, 0.3) is 11.1 Å². The molecule has 0 aliphatic carbocycles. The number of amides is 1. The molecule has 32 heavy (non-hydrogen) atoms. The van der Waals surface area contributed by atoms with Crippen LogP contribution < -0.4 is 0 Å². The SMILES string of the molecule is CCCN(Cc1nnc(-c2cccs2)o1)C(=O)CSc1nnc(-c2cc(C)cc(C)c2)o1. The number of thiophene rings is 1. The molecule has 0 unspecified atom stereocenters. The number of hydrogen-bond donors (Lipinski definition) is 0. The minimum atomic E-state index is -0.0566. The molecule has 0 spiro atoms. The average Bonchev–Trinajstić information content (AvgIpc) is 3.52. The molecular weight excluding hydrogens is 446 g/mol. The summed E-state index contributed by atoms with van der Waals surface area (Å²) in [6, 6.07) is 9.93. The van der Waals surface area contributed by atoms with Crippen molar-refractivity contribution in [1.29, 1.82) is 0 Å². The number of carbonyl (C=O) groups excluding carboxylic acids is 1. The Morgan fingerprint density at radius 2 is 1.84 bits per heavy atom. The summed E-state index contributed by atoms with van der Waals surface area (Å²) in [6.45, 7) is 6.93. The number of thioether (sulfide) groups is 1. The van der Waals surface area contributed by atoms with E-state index >= 15 is 0 Å². The third-order valence-electron chi connectivity index (χ3n) is 4.57. The van der Waals surface area contributed by atoms with E-state index in [2.05, 4.69) is 26.5 Å². The van der Waals surface area contributed by atoms with Crippen LogP contribution in [0.1, 0.15) is 30.4 Å². The Hall–Kier alpha value is -2.98. The number of aryl methyl sites for hydroxylation is 2. The minimum Gasteiger partial charge on any atom is -0.418 e. The van der Waals surface area contributed by atoms with Gasteiger partial charge in [-0.1, -0.05) is 41.9 Å². The molecule has 3 heterocycles. The molecule has 0 atom stereocenters. The predicted molar refractivity (Wildman–Crippen MR) is 123 cm³/mol. The molecule has 8 nitrogen and oxygen atoms in total. The standard InChI is InChI=1S/C22H23N5O3S2/c1-4-7-27(12-18-23-25-21(29-18)17-6-5-8-31-17)19(28)13-32-22-26-24-20(30-22)16-10-14(2)9-15(3)11-16/h5-6,8-11H,4,7,12-13H2,1-3H3. The first-order valence-electron chi connectivity index (χ1n) is 10.2. The van der Waals surface area contributed by atoms with Crippen molar-refractivity contribution in [1.82, 2.24) is 25.3 Å². The lowest BCUT2D eigenvalue weighted by molar-refractivity contribution is -0.129. The molecule has 10 heteroatoms. The van der Waals surface area contributed by atoms with E-state index in [1.54, 1.807) is 4.90 Å². The molecule has 166 valence electrons. The van der Waals surface area contributed by atoms with Crippen molar-refractivity contribution in [2.45, 2.75) is 39.0 Å². The highest BCUT2D eigenvalue weighted by atomic mass is 32.2. The zero-order chi connectivity index (χ0) is 22.5. The molecule has 0 saturated heterocycles. The lowest BCUT2D eigenvalue weighted by atomic mass is 10.1. The van der Waals surface area contributed by atoms with Gasteiger partial charge in [-0.25, -0.2) is 0 Å². The highest BCUT2D eigenvalue weighted by Gasteiger charge is 2.19. The summed E-state index contributed by atoms with van der Waals surface area (Å²) >= 11 is 2.75. The van der Waals surface area contributed by atoms with Crippen molar-refractivity contribution >= 4 is 29.0 Å². The highest BCUT2D eigenvalue weighted by molar-refractivity contribution is 7.99. The van der Waals surface area contributed by atoms with Crippen LogP contribution in [-0.4, -0.2) is 43.5 Å². The molecule has 4 aromatic rings. The van der Waals surface area contributed by atoms with Crippen LogP contribution in [-0.2, 0) is 11.3 Å². The van der Waals surface area contributed by atoms with Crippen molar-refractivity contribution < 1.29 is 13.6 Å². The minimum absolute atomic E-state index is 0.0566. The van der Waals surface area contributed by atoms with E-state index in [0.29, 0.717) is 29.4 Å². The van der Waals surface area contributed by atoms with E-state index in [-0.39, 0.29) is 18.2 Å². The molecule has 3 aromatic heterocycles. The van der Waals surface area contributed by atoms with E-state index < -0.39 is 0 Å². The average molecular weight is 470 g/mol. The van der Waals surface area contributed by atoms with Gasteiger partial charge in [0.1, 0.15) is 0 Å². The fourth-order valence-electron chi connectivity index (χ4n) is 3.24. The van der Waals surface area contributed by atoms with Crippen LogP contribution in [0.5, 0.6) is 0 Å². The van der Waals surface area contributed by atoms with Gasteiger partial charge >= 0.3 is 0 Å². The number of rotatable bonds is 9. The van der Waals surface area contributed by atoms with Crippen LogP contribution in [0, 0.1) is 13.8 Å². The maximum absolute atomic E-state index is 12.8. The molecule has 0 saturated carbocycles. The molecule has 0 N–H and O–H groups in total. The summed E-state index contributed by atoms with van der Waals surface area (Å²) in [5.74, 6) is 1.46. The van der Waals surface area contributed by atoms with Crippen molar-refractivity contribution in [2.24, 2.45) is 0 Å². The molecule has 1 aromatic carbocycles. The summed E-state index contributed by atoms with van der Waals surface area (Å²) in [6.07, 6.45) is 0.819.